The van der Waals surface area contributed by atoms with Gasteiger partial charge >= 0.3 is 0 Å². The van der Waals surface area contributed by atoms with E-state index in [0.717, 1.165) is 17.8 Å². The van der Waals surface area contributed by atoms with Crippen molar-refractivity contribution in [2.24, 2.45) is 23.2 Å². The average Bonchev–Trinajstić information content (AvgIpc) is 2.50. The van der Waals surface area contributed by atoms with Crippen molar-refractivity contribution in [3.63, 3.8) is 0 Å². The normalized spacial score (nSPS) is 37.6. The fourth-order valence-corrected chi connectivity index (χ4v) is 5.22. The first-order chi connectivity index (χ1) is 10.2. The van der Waals surface area contributed by atoms with Gasteiger partial charge in [-0.2, -0.15) is 0 Å². The maximum absolute atomic E-state index is 2.58. The molecule has 0 amide bonds. The van der Waals surface area contributed by atoms with Crippen LogP contribution in [-0.2, 0) is 0 Å². The highest BCUT2D eigenvalue weighted by Crippen LogP contribution is 2.47. The van der Waals surface area contributed by atoms with Crippen molar-refractivity contribution >= 4 is 0 Å². The Kier molecular flexibility index (Phi) is 7.10. The Morgan fingerprint density at radius 3 is 1.95 bits per heavy atom. The second-order valence-electron chi connectivity index (χ2n) is 8.67. The fourth-order valence-electron chi connectivity index (χ4n) is 5.22. The molecule has 0 spiro atoms. The summed E-state index contributed by atoms with van der Waals surface area (Å²) in [7, 11) is 0. The van der Waals surface area contributed by atoms with Crippen LogP contribution in [0.3, 0.4) is 0 Å². The van der Waals surface area contributed by atoms with Crippen LogP contribution in [0.25, 0.3) is 0 Å². The molecule has 0 aliphatic heterocycles. The van der Waals surface area contributed by atoms with Crippen molar-refractivity contribution in [3.8, 4) is 0 Å². The highest BCUT2D eigenvalue weighted by Gasteiger charge is 2.35. The molecule has 2 fully saturated rings. The van der Waals surface area contributed by atoms with Crippen molar-refractivity contribution in [3.05, 3.63) is 0 Å². The molecule has 0 aromatic heterocycles. The monoisotopic (exact) mass is 292 g/mol. The molecule has 0 N–H and O–H groups in total. The lowest BCUT2D eigenvalue weighted by Crippen LogP contribution is -2.30. The van der Waals surface area contributed by atoms with Crippen molar-refractivity contribution in [2.75, 3.05) is 0 Å². The Bertz CT molecular complexity index is 264. The molecule has 0 bridgehead atoms. The third-order valence-corrected chi connectivity index (χ3v) is 6.88. The van der Waals surface area contributed by atoms with Crippen LogP contribution in [0.4, 0.5) is 0 Å². The van der Waals surface area contributed by atoms with Crippen LogP contribution in [0, 0.1) is 23.2 Å². The van der Waals surface area contributed by atoms with Gasteiger partial charge in [0.1, 0.15) is 0 Å². The van der Waals surface area contributed by atoms with E-state index in [2.05, 4.69) is 20.8 Å². The molecular weight excluding hydrogens is 252 g/mol. The molecule has 124 valence electrons. The topological polar surface area (TPSA) is 0 Å². The standard InChI is InChI=1S/C21H40/c1-4-6-7-15-21(3)16-13-20(14-17-21)19-11-9-18(8-5-2)10-12-19/h18-20H,4-17H2,1-3H3. The summed E-state index contributed by atoms with van der Waals surface area (Å²) < 4.78 is 0. The maximum atomic E-state index is 2.58. The van der Waals surface area contributed by atoms with E-state index in [-0.39, 0.29) is 0 Å². The van der Waals surface area contributed by atoms with E-state index in [9.17, 15) is 0 Å². The van der Waals surface area contributed by atoms with Crippen LogP contribution in [0.5, 0.6) is 0 Å². The van der Waals surface area contributed by atoms with Crippen molar-refractivity contribution < 1.29 is 0 Å². The first-order valence-corrected chi connectivity index (χ1v) is 10.2. The number of hydrogen-bond acceptors (Lipinski definition) is 0. The zero-order valence-corrected chi connectivity index (χ0v) is 15.1. The van der Waals surface area contributed by atoms with Gasteiger partial charge in [0.05, 0.1) is 0 Å². The highest BCUT2D eigenvalue weighted by molar-refractivity contribution is 4.86. The fraction of sp³-hybridized carbons (Fsp3) is 1.00. The minimum absolute atomic E-state index is 0.699. The number of unbranched alkanes of at least 4 members (excludes halogenated alkanes) is 2. The van der Waals surface area contributed by atoms with Gasteiger partial charge in [0, 0.05) is 0 Å². The van der Waals surface area contributed by atoms with Gasteiger partial charge in [-0.3, -0.25) is 0 Å². The summed E-state index contributed by atoms with van der Waals surface area (Å²) >= 11 is 0. The molecule has 0 saturated heterocycles. The Balaban J connectivity index is 1.69. The van der Waals surface area contributed by atoms with E-state index in [0.29, 0.717) is 5.41 Å². The quantitative estimate of drug-likeness (QED) is 0.430. The van der Waals surface area contributed by atoms with Gasteiger partial charge < -0.3 is 0 Å². The molecule has 0 aromatic carbocycles. The van der Waals surface area contributed by atoms with Crippen molar-refractivity contribution in [1.82, 2.24) is 0 Å². The summed E-state index contributed by atoms with van der Waals surface area (Å²) in [5.74, 6) is 3.26. The van der Waals surface area contributed by atoms with Gasteiger partial charge in [0.15, 0.2) is 0 Å². The molecule has 21 heavy (non-hydrogen) atoms. The molecule has 0 aromatic rings. The molecule has 2 aliphatic carbocycles. The minimum Gasteiger partial charge on any atom is -0.0654 e. The van der Waals surface area contributed by atoms with Gasteiger partial charge in [-0.1, -0.05) is 65.7 Å². The van der Waals surface area contributed by atoms with Crippen LogP contribution < -0.4 is 0 Å². The smallest absolute Gasteiger partial charge is 0.0326 e. The zero-order valence-electron chi connectivity index (χ0n) is 15.1. The summed E-state index contributed by atoms with van der Waals surface area (Å²) in [5, 5.41) is 0. The van der Waals surface area contributed by atoms with Crippen LogP contribution in [0.15, 0.2) is 0 Å². The van der Waals surface area contributed by atoms with Crippen molar-refractivity contribution in [1.29, 1.82) is 0 Å². The Hall–Kier alpha value is 0. The molecule has 0 unspecified atom stereocenters. The average molecular weight is 293 g/mol. The molecule has 2 rings (SSSR count). The van der Waals surface area contributed by atoms with Gasteiger partial charge in [-0.25, -0.2) is 0 Å². The van der Waals surface area contributed by atoms with Gasteiger partial charge in [-0.05, 0) is 68.1 Å². The van der Waals surface area contributed by atoms with E-state index >= 15 is 0 Å². The molecule has 0 nitrogen and oxygen atoms in total. The largest absolute Gasteiger partial charge is 0.0654 e. The summed E-state index contributed by atoms with van der Waals surface area (Å²) in [6.07, 6.45) is 21.0. The van der Waals surface area contributed by atoms with E-state index in [1.807, 2.05) is 0 Å². The molecule has 0 radical (unpaired) electrons. The second-order valence-corrected chi connectivity index (χ2v) is 8.67. The Morgan fingerprint density at radius 1 is 0.762 bits per heavy atom. The summed E-state index contributed by atoms with van der Waals surface area (Å²) in [6, 6.07) is 0. The van der Waals surface area contributed by atoms with Crippen LogP contribution in [0.1, 0.15) is 111 Å². The van der Waals surface area contributed by atoms with Gasteiger partial charge in [0.2, 0.25) is 0 Å². The molecular formula is C21H40. The minimum atomic E-state index is 0.699. The number of hydrogen-bond donors (Lipinski definition) is 0. The van der Waals surface area contributed by atoms with E-state index in [1.165, 1.54) is 51.4 Å². The second kappa shape index (κ2) is 8.59. The molecule has 2 saturated carbocycles. The van der Waals surface area contributed by atoms with Gasteiger partial charge in [-0.15, -0.1) is 0 Å². The lowest BCUT2D eigenvalue weighted by atomic mass is 9.63. The first kappa shape index (κ1) is 17.4. The number of rotatable bonds is 7. The van der Waals surface area contributed by atoms with Crippen LogP contribution in [0.2, 0.25) is 0 Å². The van der Waals surface area contributed by atoms with E-state index in [1.54, 1.807) is 38.5 Å². The van der Waals surface area contributed by atoms with E-state index < -0.39 is 0 Å². The van der Waals surface area contributed by atoms with Gasteiger partial charge in [0.25, 0.3) is 0 Å². The van der Waals surface area contributed by atoms with Crippen molar-refractivity contribution in [2.45, 2.75) is 111 Å². The zero-order chi connectivity index (χ0) is 15.1. The van der Waals surface area contributed by atoms with Crippen LogP contribution >= 0.6 is 0 Å². The highest BCUT2D eigenvalue weighted by atomic mass is 14.4. The Labute approximate surface area is 134 Å². The summed E-state index contributed by atoms with van der Waals surface area (Å²) in [4.78, 5) is 0. The molecule has 2 aliphatic rings. The lowest BCUT2D eigenvalue weighted by Gasteiger charge is -2.42. The lowest BCUT2D eigenvalue weighted by molar-refractivity contribution is 0.0952. The predicted molar refractivity (Wildman–Crippen MR) is 94.6 cm³/mol. The molecule has 0 heterocycles. The van der Waals surface area contributed by atoms with Crippen LogP contribution in [-0.4, -0.2) is 0 Å². The summed E-state index contributed by atoms with van der Waals surface area (Å²) in [5.41, 5.74) is 0.699. The third-order valence-electron chi connectivity index (χ3n) is 6.88. The Morgan fingerprint density at radius 2 is 1.38 bits per heavy atom. The first-order valence-electron chi connectivity index (χ1n) is 10.2. The SMILES string of the molecule is CCCCCC1(C)CCC(C2CCC(CCC)CC2)CC1. The summed E-state index contributed by atoms with van der Waals surface area (Å²) in [6.45, 7) is 7.26. The maximum Gasteiger partial charge on any atom is -0.0326 e. The third kappa shape index (κ3) is 5.29. The molecule has 0 heteroatoms. The van der Waals surface area contributed by atoms with E-state index in [4.69, 9.17) is 0 Å². The molecule has 0 atom stereocenters. The predicted octanol–water partition coefficient (Wildman–Crippen LogP) is 7.37.